The van der Waals surface area contributed by atoms with Crippen molar-refractivity contribution in [2.75, 3.05) is 11.4 Å². The van der Waals surface area contributed by atoms with Gasteiger partial charge in [0.25, 0.3) is 0 Å². The summed E-state index contributed by atoms with van der Waals surface area (Å²) >= 11 is 6.16. The van der Waals surface area contributed by atoms with Gasteiger partial charge in [0, 0.05) is 35.9 Å². The van der Waals surface area contributed by atoms with Crippen LogP contribution in [0.5, 0.6) is 0 Å². The third-order valence-corrected chi connectivity index (χ3v) is 4.07. The zero-order chi connectivity index (χ0) is 14.0. The summed E-state index contributed by atoms with van der Waals surface area (Å²) in [6.45, 7) is 11.0. The Morgan fingerprint density at radius 1 is 1.37 bits per heavy atom. The fourth-order valence-electron chi connectivity index (χ4n) is 2.93. The van der Waals surface area contributed by atoms with Crippen LogP contribution in [0.1, 0.15) is 39.7 Å². The Labute approximate surface area is 122 Å². The van der Waals surface area contributed by atoms with Gasteiger partial charge >= 0.3 is 0 Å². The van der Waals surface area contributed by atoms with E-state index in [0.717, 1.165) is 24.0 Å². The van der Waals surface area contributed by atoms with E-state index in [-0.39, 0.29) is 0 Å². The average molecular weight is 281 g/mol. The highest BCUT2D eigenvalue weighted by atomic mass is 35.5. The molecule has 2 nitrogen and oxygen atoms in total. The fraction of sp³-hybridized carbons (Fsp3) is 0.625. The van der Waals surface area contributed by atoms with Crippen LogP contribution in [0.15, 0.2) is 18.2 Å². The molecule has 1 saturated heterocycles. The third-order valence-electron chi connectivity index (χ3n) is 3.84. The molecule has 3 heteroatoms. The van der Waals surface area contributed by atoms with Crippen LogP contribution in [0.2, 0.25) is 5.02 Å². The summed E-state index contributed by atoms with van der Waals surface area (Å²) in [6.07, 6.45) is 1.28. The third kappa shape index (κ3) is 3.64. The molecule has 1 aromatic carbocycles. The van der Waals surface area contributed by atoms with Crippen molar-refractivity contribution in [2.45, 2.75) is 52.7 Å². The van der Waals surface area contributed by atoms with E-state index in [2.05, 4.69) is 50.0 Å². The molecule has 0 aromatic heterocycles. The van der Waals surface area contributed by atoms with Crippen molar-refractivity contribution in [3.05, 3.63) is 28.8 Å². The summed E-state index contributed by atoms with van der Waals surface area (Å²) in [4.78, 5) is 2.53. The Morgan fingerprint density at radius 3 is 2.68 bits per heavy atom. The van der Waals surface area contributed by atoms with Crippen LogP contribution >= 0.6 is 11.6 Å². The molecular formula is C16H25ClN2. The van der Waals surface area contributed by atoms with Crippen molar-refractivity contribution in [3.63, 3.8) is 0 Å². The van der Waals surface area contributed by atoms with Crippen molar-refractivity contribution in [2.24, 2.45) is 5.92 Å². The van der Waals surface area contributed by atoms with E-state index < -0.39 is 0 Å². The molecule has 1 heterocycles. The summed E-state index contributed by atoms with van der Waals surface area (Å²) in [6, 6.07) is 7.39. The fourth-order valence-corrected chi connectivity index (χ4v) is 3.12. The Kier molecular flexibility index (Phi) is 4.75. The van der Waals surface area contributed by atoms with Crippen LogP contribution in [-0.2, 0) is 6.54 Å². The molecule has 1 aromatic rings. The van der Waals surface area contributed by atoms with E-state index in [0.29, 0.717) is 12.1 Å². The number of hydrogen-bond acceptors (Lipinski definition) is 2. The lowest BCUT2D eigenvalue weighted by Gasteiger charge is -2.27. The Balaban J connectivity index is 2.23. The Hall–Kier alpha value is -0.730. The molecule has 2 atom stereocenters. The first kappa shape index (κ1) is 14.7. The van der Waals surface area contributed by atoms with Crippen LogP contribution in [0.4, 0.5) is 5.69 Å². The van der Waals surface area contributed by atoms with Crippen molar-refractivity contribution >= 4 is 17.3 Å². The van der Waals surface area contributed by atoms with Gasteiger partial charge in [-0.15, -0.1) is 0 Å². The van der Waals surface area contributed by atoms with Gasteiger partial charge in [-0.05, 0) is 43.0 Å². The summed E-state index contributed by atoms with van der Waals surface area (Å²) in [5.74, 6) is 0.775. The monoisotopic (exact) mass is 280 g/mol. The van der Waals surface area contributed by atoms with E-state index in [4.69, 9.17) is 11.6 Å². The first-order chi connectivity index (χ1) is 8.97. The van der Waals surface area contributed by atoms with Gasteiger partial charge in [0.1, 0.15) is 0 Å². The number of hydrogen-bond donors (Lipinski definition) is 1. The largest absolute Gasteiger partial charge is 0.368 e. The molecule has 106 valence electrons. The molecule has 0 amide bonds. The van der Waals surface area contributed by atoms with Crippen molar-refractivity contribution in [1.29, 1.82) is 0 Å². The number of anilines is 1. The number of halogens is 1. The summed E-state index contributed by atoms with van der Waals surface area (Å²) < 4.78 is 0. The number of benzene rings is 1. The number of nitrogens with one attached hydrogen (secondary N) is 1. The van der Waals surface area contributed by atoms with Gasteiger partial charge in [-0.25, -0.2) is 0 Å². The lowest BCUT2D eigenvalue weighted by atomic mass is 10.1. The molecule has 1 aliphatic rings. The van der Waals surface area contributed by atoms with Crippen LogP contribution in [0.25, 0.3) is 0 Å². The molecule has 2 rings (SSSR count). The predicted octanol–water partition coefficient (Wildman–Crippen LogP) is 4.07. The minimum absolute atomic E-state index is 0.488. The molecule has 0 saturated carbocycles. The molecular weight excluding hydrogens is 256 g/mol. The summed E-state index contributed by atoms with van der Waals surface area (Å²) in [7, 11) is 0. The quantitative estimate of drug-likeness (QED) is 0.894. The van der Waals surface area contributed by atoms with Crippen LogP contribution < -0.4 is 10.2 Å². The highest BCUT2D eigenvalue weighted by Crippen LogP contribution is 2.32. The minimum Gasteiger partial charge on any atom is -0.368 e. The van der Waals surface area contributed by atoms with Gasteiger partial charge in [-0.3, -0.25) is 0 Å². The van der Waals surface area contributed by atoms with Crippen LogP contribution in [0, 0.1) is 5.92 Å². The minimum atomic E-state index is 0.488. The Morgan fingerprint density at radius 2 is 2.11 bits per heavy atom. The second-order valence-corrected chi connectivity index (χ2v) is 6.59. The molecule has 0 radical (unpaired) electrons. The maximum Gasteiger partial charge on any atom is 0.0415 e. The predicted molar refractivity (Wildman–Crippen MR) is 84.0 cm³/mol. The molecule has 1 aliphatic heterocycles. The SMILES string of the molecule is CC1CC(C)N(c2ccc(Cl)cc2CNC(C)C)C1. The van der Waals surface area contributed by atoms with E-state index >= 15 is 0 Å². The summed E-state index contributed by atoms with van der Waals surface area (Å²) in [5.41, 5.74) is 2.65. The molecule has 0 spiro atoms. The zero-order valence-corrected chi connectivity index (χ0v) is 13.2. The van der Waals surface area contributed by atoms with E-state index in [1.165, 1.54) is 17.7 Å². The van der Waals surface area contributed by atoms with E-state index in [1.54, 1.807) is 0 Å². The van der Waals surface area contributed by atoms with Gasteiger partial charge in [0.05, 0.1) is 0 Å². The van der Waals surface area contributed by atoms with Gasteiger partial charge in [0.15, 0.2) is 0 Å². The number of nitrogens with zero attached hydrogens (tertiary/aromatic N) is 1. The summed E-state index contributed by atoms with van der Waals surface area (Å²) in [5, 5.41) is 4.32. The van der Waals surface area contributed by atoms with Crippen molar-refractivity contribution < 1.29 is 0 Å². The van der Waals surface area contributed by atoms with Gasteiger partial charge in [-0.2, -0.15) is 0 Å². The van der Waals surface area contributed by atoms with Crippen molar-refractivity contribution in [3.8, 4) is 0 Å². The van der Waals surface area contributed by atoms with Gasteiger partial charge in [0.2, 0.25) is 0 Å². The molecule has 19 heavy (non-hydrogen) atoms. The molecule has 2 unspecified atom stereocenters. The van der Waals surface area contributed by atoms with Crippen molar-refractivity contribution in [1.82, 2.24) is 5.32 Å². The molecule has 1 fully saturated rings. The first-order valence-corrected chi connectivity index (χ1v) is 7.63. The van der Waals surface area contributed by atoms with Crippen LogP contribution in [0.3, 0.4) is 0 Å². The second kappa shape index (κ2) is 6.15. The standard InChI is InChI=1S/C16H25ClN2/c1-11(2)18-9-14-8-15(17)5-6-16(14)19-10-12(3)7-13(19)4/h5-6,8,11-13,18H,7,9-10H2,1-4H3. The number of rotatable bonds is 4. The first-order valence-electron chi connectivity index (χ1n) is 7.25. The maximum absolute atomic E-state index is 6.16. The molecule has 1 N–H and O–H groups in total. The smallest absolute Gasteiger partial charge is 0.0415 e. The lowest BCUT2D eigenvalue weighted by molar-refractivity contribution is 0.587. The van der Waals surface area contributed by atoms with Gasteiger partial charge in [-0.1, -0.05) is 32.4 Å². The zero-order valence-electron chi connectivity index (χ0n) is 12.4. The normalized spacial score (nSPS) is 23.4. The highest BCUT2D eigenvalue weighted by molar-refractivity contribution is 6.30. The maximum atomic E-state index is 6.16. The molecule has 0 bridgehead atoms. The van der Waals surface area contributed by atoms with Crippen LogP contribution in [-0.4, -0.2) is 18.6 Å². The van der Waals surface area contributed by atoms with E-state index in [1.807, 2.05) is 6.07 Å². The second-order valence-electron chi connectivity index (χ2n) is 6.15. The lowest BCUT2D eigenvalue weighted by Crippen LogP contribution is -2.29. The van der Waals surface area contributed by atoms with E-state index in [9.17, 15) is 0 Å². The topological polar surface area (TPSA) is 15.3 Å². The highest BCUT2D eigenvalue weighted by Gasteiger charge is 2.27. The van der Waals surface area contributed by atoms with Gasteiger partial charge < -0.3 is 10.2 Å². The molecule has 0 aliphatic carbocycles. The average Bonchev–Trinajstić information content (AvgIpc) is 2.66. The Bertz CT molecular complexity index is 431.